The minimum atomic E-state index is -0.479. The summed E-state index contributed by atoms with van der Waals surface area (Å²) in [5.41, 5.74) is 1.16. The number of benzene rings is 1. The lowest BCUT2D eigenvalue weighted by Gasteiger charge is -2.20. The summed E-state index contributed by atoms with van der Waals surface area (Å²) in [6.45, 7) is 3.83. The summed E-state index contributed by atoms with van der Waals surface area (Å²) in [4.78, 5) is 12.3. The molecular weight excluding hydrogens is 330 g/mol. The highest BCUT2D eigenvalue weighted by Crippen LogP contribution is 2.26. The molecule has 1 atom stereocenters. The van der Waals surface area contributed by atoms with Gasteiger partial charge in [0, 0.05) is 6.04 Å². The fraction of sp³-hybridized carbons (Fsp3) is 0.588. The zero-order valence-corrected chi connectivity index (χ0v) is 14.4. The molecule has 1 unspecified atom stereocenters. The third kappa shape index (κ3) is 5.03. The Kier molecular flexibility index (Phi) is 6.09. The minimum absolute atomic E-state index is 0.0191. The summed E-state index contributed by atoms with van der Waals surface area (Å²) in [6.07, 6.45) is 6.70. The maximum absolute atomic E-state index is 12.3. The van der Waals surface area contributed by atoms with Crippen LogP contribution in [0.2, 0.25) is 0 Å². The van der Waals surface area contributed by atoms with E-state index >= 15 is 0 Å². The number of aryl methyl sites for hydroxylation is 1. The van der Waals surface area contributed by atoms with Crippen molar-refractivity contribution in [2.45, 2.75) is 64.5 Å². The Balaban J connectivity index is 1.89. The van der Waals surface area contributed by atoms with E-state index < -0.39 is 6.10 Å². The van der Waals surface area contributed by atoms with Gasteiger partial charge in [0.05, 0.1) is 4.47 Å². The molecule has 0 spiro atoms. The lowest BCUT2D eigenvalue weighted by atomic mass is 10.1. The number of amides is 1. The van der Waals surface area contributed by atoms with Gasteiger partial charge in [-0.1, -0.05) is 31.7 Å². The zero-order chi connectivity index (χ0) is 15.2. The van der Waals surface area contributed by atoms with Gasteiger partial charge in [0.1, 0.15) is 5.75 Å². The van der Waals surface area contributed by atoms with Crippen molar-refractivity contribution in [3.05, 3.63) is 28.2 Å². The largest absolute Gasteiger partial charge is 0.480 e. The second kappa shape index (κ2) is 7.83. The number of halogens is 1. The molecule has 0 aromatic heterocycles. The van der Waals surface area contributed by atoms with Crippen molar-refractivity contribution in [3.8, 4) is 5.75 Å². The predicted molar refractivity (Wildman–Crippen MR) is 88.6 cm³/mol. The van der Waals surface area contributed by atoms with E-state index in [1.807, 2.05) is 25.1 Å². The van der Waals surface area contributed by atoms with Crippen molar-refractivity contribution in [2.24, 2.45) is 0 Å². The molecule has 0 radical (unpaired) electrons. The molecule has 4 heteroatoms. The van der Waals surface area contributed by atoms with Gasteiger partial charge in [-0.2, -0.15) is 0 Å². The second-order valence-corrected chi connectivity index (χ2v) is 6.75. The Morgan fingerprint density at radius 2 is 1.95 bits per heavy atom. The molecule has 0 aliphatic heterocycles. The first-order chi connectivity index (χ1) is 10.1. The fourth-order valence-electron chi connectivity index (χ4n) is 2.69. The minimum Gasteiger partial charge on any atom is -0.480 e. The Morgan fingerprint density at radius 3 is 2.57 bits per heavy atom. The van der Waals surface area contributed by atoms with Crippen LogP contribution in [0.25, 0.3) is 0 Å². The van der Waals surface area contributed by atoms with Crippen LogP contribution in [-0.2, 0) is 4.79 Å². The van der Waals surface area contributed by atoms with Crippen LogP contribution in [0.5, 0.6) is 5.75 Å². The molecule has 1 aromatic rings. The summed E-state index contributed by atoms with van der Waals surface area (Å²) in [7, 11) is 0. The number of rotatable bonds is 4. The highest BCUT2D eigenvalue weighted by molar-refractivity contribution is 9.10. The molecule has 1 amide bonds. The van der Waals surface area contributed by atoms with Crippen LogP contribution < -0.4 is 10.1 Å². The Morgan fingerprint density at radius 1 is 1.29 bits per heavy atom. The third-order valence-electron chi connectivity index (χ3n) is 3.96. The van der Waals surface area contributed by atoms with E-state index in [2.05, 4.69) is 21.2 Å². The third-order valence-corrected chi connectivity index (χ3v) is 4.58. The topological polar surface area (TPSA) is 38.3 Å². The monoisotopic (exact) mass is 353 g/mol. The number of hydrogen-bond acceptors (Lipinski definition) is 2. The van der Waals surface area contributed by atoms with Crippen LogP contribution in [0.4, 0.5) is 0 Å². The molecule has 0 saturated heterocycles. The molecule has 1 aromatic carbocycles. The zero-order valence-electron chi connectivity index (χ0n) is 12.8. The Bertz CT molecular complexity index is 482. The lowest BCUT2D eigenvalue weighted by Crippen LogP contribution is -2.42. The van der Waals surface area contributed by atoms with Crippen LogP contribution in [0.1, 0.15) is 51.0 Å². The van der Waals surface area contributed by atoms with Gasteiger partial charge in [-0.25, -0.2) is 0 Å². The molecule has 3 nitrogen and oxygen atoms in total. The van der Waals surface area contributed by atoms with Gasteiger partial charge in [-0.15, -0.1) is 0 Å². The van der Waals surface area contributed by atoms with Gasteiger partial charge in [0.2, 0.25) is 0 Å². The number of ether oxygens (including phenoxy) is 1. The van der Waals surface area contributed by atoms with E-state index in [1.165, 1.54) is 25.7 Å². The van der Waals surface area contributed by atoms with Gasteiger partial charge >= 0.3 is 0 Å². The molecule has 0 heterocycles. The summed E-state index contributed by atoms with van der Waals surface area (Å²) in [6, 6.07) is 6.18. The molecule has 1 saturated carbocycles. The molecular formula is C17H24BrNO2. The van der Waals surface area contributed by atoms with Crippen molar-refractivity contribution >= 4 is 21.8 Å². The first kappa shape index (κ1) is 16.3. The standard InChI is InChI=1S/C17H24BrNO2/c1-12-9-10-16(15(18)11-12)21-13(2)17(20)19-14-7-5-3-4-6-8-14/h9-11,13-14H,3-8H2,1-2H3,(H,19,20). The molecule has 1 aliphatic carbocycles. The van der Waals surface area contributed by atoms with Gasteiger partial charge in [0.25, 0.3) is 5.91 Å². The normalized spacial score (nSPS) is 17.9. The number of carbonyl (C=O) groups is 1. The predicted octanol–water partition coefficient (Wildman–Crippen LogP) is 4.36. The second-order valence-electron chi connectivity index (χ2n) is 5.89. The molecule has 2 rings (SSSR count). The van der Waals surface area contributed by atoms with E-state index in [0.717, 1.165) is 22.9 Å². The SMILES string of the molecule is Cc1ccc(OC(C)C(=O)NC2CCCCCC2)c(Br)c1. The van der Waals surface area contributed by atoms with E-state index in [-0.39, 0.29) is 5.91 Å². The maximum Gasteiger partial charge on any atom is 0.260 e. The first-order valence-corrected chi connectivity index (χ1v) is 8.59. The van der Waals surface area contributed by atoms with E-state index in [1.54, 1.807) is 6.92 Å². The van der Waals surface area contributed by atoms with Crippen LogP contribution >= 0.6 is 15.9 Å². The summed E-state index contributed by atoms with van der Waals surface area (Å²) in [5.74, 6) is 0.693. The van der Waals surface area contributed by atoms with Gasteiger partial charge in [-0.3, -0.25) is 4.79 Å². The summed E-state index contributed by atoms with van der Waals surface area (Å²) in [5, 5.41) is 3.13. The van der Waals surface area contributed by atoms with Crippen molar-refractivity contribution in [2.75, 3.05) is 0 Å². The van der Waals surface area contributed by atoms with E-state index in [0.29, 0.717) is 11.8 Å². The Labute approximate surface area is 135 Å². The Hall–Kier alpha value is -1.03. The van der Waals surface area contributed by atoms with Gasteiger partial charge in [0.15, 0.2) is 6.10 Å². The van der Waals surface area contributed by atoms with Gasteiger partial charge in [-0.05, 0) is 60.3 Å². The average molecular weight is 354 g/mol. The highest BCUT2D eigenvalue weighted by atomic mass is 79.9. The number of carbonyl (C=O) groups excluding carboxylic acids is 1. The number of hydrogen-bond donors (Lipinski definition) is 1. The fourth-order valence-corrected chi connectivity index (χ4v) is 3.27. The van der Waals surface area contributed by atoms with E-state index in [4.69, 9.17) is 4.74 Å². The average Bonchev–Trinajstić information content (AvgIpc) is 2.70. The van der Waals surface area contributed by atoms with Crippen molar-refractivity contribution in [1.29, 1.82) is 0 Å². The maximum atomic E-state index is 12.3. The summed E-state index contributed by atoms with van der Waals surface area (Å²) >= 11 is 3.48. The van der Waals surface area contributed by atoms with Crippen molar-refractivity contribution in [1.82, 2.24) is 5.32 Å². The van der Waals surface area contributed by atoms with Crippen LogP contribution in [0, 0.1) is 6.92 Å². The van der Waals surface area contributed by atoms with Crippen molar-refractivity contribution in [3.63, 3.8) is 0 Å². The first-order valence-electron chi connectivity index (χ1n) is 7.79. The van der Waals surface area contributed by atoms with Gasteiger partial charge < -0.3 is 10.1 Å². The molecule has 1 N–H and O–H groups in total. The molecule has 0 bridgehead atoms. The van der Waals surface area contributed by atoms with Crippen LogP contribution in [0.3, 0.4) is 0 Å². The highest BCUT2D eigenvalue weighted by Gasteiger charge is 2.20. The smallest absolute Gasteiger partial charge is 0.260 e. The molecule has 21 heavy (non-hydrogen) atoms. The quantitative estimate of drug-likeness (QED) is 0.816. The molecule has 1 fully saturated rings. The van der Waals surface area contributed by atoms with Crippen LogP contribution in [-0.4, -0.2) is 18.1 Å². The lowest BCUT2D eigenvalue weighted by molar-refractivity contribution is -0.128. The molecule has 1 aliphatic rings. The van der Waals surface area contributed by atoms with Crippen LogP contribution in [0.15, 0.2) is 22.7 Å². The van der Waals surface area contributed by atoms with Crippen molar-refractivity contribution < 1.29 is 9.53 Å². The number of nitrogens with one attached hydrogen (secondary N) is 1. The van der Waals surface area contributed by atoms with E-state index in [9.17, 15) is 4.79 Å². The molecule has 116 valence electrons. The summed E-state index contributed by atoms with van der Waals surface area (Å²) < 4.78 is 6.66.